The minimum absolute atomic E-state index is 0.398. The van der Waals surface area contributed by atoms with Gasteiger partial charge < -0.3 is 10.1 Å². The van der Waals surface area contributed by atoms with E-state index in [0.717, 1.165) is 13.2 Å². The standard InChI is InChI=1S/C16H25NO/c1-16(2,3)8-7-15(17-4)12-5-6-13-10-18-11-14(13)9-12/h5-6,9,15,17H,7-8,10-11H2,1-4H3. The lowest BCUT2D eigenvalue weighted by atomic mass is 9.87. The molecule has 0 amide bonds. The summed E-state index contributed by atoms with van der Waals surface area (Å²) < 4.78 is 5.48. The van der Waals surface area contributed by atoms with Gasteiger partial charge in [-0.2, -0.15) is 0 Å². The van der Waals surface area contributed by atoms with Crippen LogP contribution in [0.15, 0.2) is 18.2 Å². The number of hydrogen-bond acceptors (Lipinski definition) is 2. The molecule has 2 rings (SSSR count). The van der Waals surface area contributed by atoms with Crippen LogP contribution in [-0.2, 0) is 18.0 Å². The van der Waals surface area contributed by atoms with Crippen LogP contribution in [0.5, 0.6) is 0 Å². The molecule has 1 unspecified atom stereocenters. The quantitative estimate of drug-likeness (QED) is 0.873. The summed E-state index contributed by atoms with van der Waals surface area (Å²) in [7, 11) is 2.05. The van der Waals surface area contributed by atoms with Crippen LogP contribution in [0.3, 0.4) is 0 Å². The molecule has 0 aliphatic carbocycles. The molecule has 0 saturated carbocycles. The Morgan fingerprint density at radius 1 is 1.22 bits per heavy atom. The first kappa shape index (κ1) is 13.6. The topological polar surface area (TPSA) is 21.3 Å². The molecule has 18 heavy (non-hydrogen) atoms. The fourth-order valence-electron chi connectivity index (χ4n) is 2.46. The molecule has 1 aromatic carbocycles. The molecule has 0 fully saturated rings. The van der Waals surface area contributed by atoms with Crippen LogP contribution in [0.1, 0.15) is 56.3 Å². The zero-order valence-corrected chi connectivity index (χ0v) is 12.0. The van der Waals surface area contributed by atoms with E-state index in [9.17, 15) is 0 Å². The van der Waals surface area contributed by atoms with E-state index in [1.165, 1.54) is 29.5 Å². The zero-order chi connectivity index (χ0) is 13.2. The number of nitrogens with one attached hydrogen (secondary N) is 1. The van der Waals surface area contributed by atoms with Crippen molar-refractivity contribution >= 4 is 0 Å². The van der Waals surface area contributed by atoms with E-state index in [1.54, 1.807) is 0 Å². The van der Waals surface area contributed by atoms with Crippen molar-refractivity contribution < 1.29 is 4.74 Å². The van der Waals surface area contributed by atoms with E-state index in [4.69, 9.17) is 4.74 Å². The predicted molar refractivity (Wildman–Crippen MR) is 75.4 cm³/mol. The molecule has 0 spiro atoms. The monoisotopic (exact) mass is 247 g/mol. The number of hydrogen-bond donors (Lipinski definition) is 1. The molecule has 1 N–H and O–H groups in total. The summed E-state index contributed by atoms with van der Waals surface area (Å²) in [5.41, 5.74) is 4.51. The number of benzene rings is 1. The zero-order valence-electron chi connectivity index (χ0n) is 12.0. The van der Waals surface area contributed by atoms with Gasteiger partial charge >= 0.3 is 0 Å². The van der Waals surface area contributed by atoms with E-state index in [2.05, 4.69) is 51.3 Å². The lowest BCUT2D eigenvalue weighted by Crippen LogP contribution is -2.19. The normalized spacial score (nSPS) is 16.7. The molecule has 0 radical (unpaired) electrons. The third kappa shape index (κ3) is 3.33. The van der Waals surface area contributed by atoms with Gasteiger partial charge in [0, 0.05) is 6.04 Å². The van der Waals surface area contributed by atoms with E-state index in [1.807, 2.05) is 0 Å². The number of rotatable bonds is 4. The van der Waals surface area contributed by atoms with Crippen molar-refractivity contribution in [1.82, 2.24) is 5.32 Å². The van der Waals surface area contributed by atoms with Crippen molar-refractivity contribution in [2.45, 2.75) is 52.9 Å². The second kappa shape index (κ2) is 5.41. The van der Waals surface area contributed by atoms with Gasteiger partial charge in [0.25, 0.3) is 0 Å². The molecule has 1 aromatic rings. The van der Waals surface area contributed by atoms with Gasteiger partial charge in [0.05, 0.1) is 13.2 Å². The van der Waals surface area contributed by atoms with Crippen molar-refractivity contribution in [2.75, 3.05) is 7.05 Å². The molecule has 0 saturated heterocycles. The van der Waals surface area contributed by atoms with Crippen LogP contribution < -0.4 is 5.32 Å². The third-order valence-corrected chi connectivity index (χ3v) is 3.68. The van der Waals surface area contributed by atoms with Gasteiger partial charge in [0.15, 0.2) is 0 Å². The second-order valence-electron chi connectivity index (χ2n) is 6.46. The van der Waals surface area contributed by atoms with Crippen LogP contribution >= 0.6 is 0 Å². The summed E-state index contributed by atoms with van der Waals surface area (Å²) in [6.45, 7) is 8.46. The van der Waals surface area contributed by atoms with Gasteiger partial charge in [-0.05, 0) is 42.0 Å². The van der Waals surface area contributed by atoms with Crippen molar-refractivity contribution in [3.63, 3.8) is 0 Å². The van der Waals surface area contributed by atoms with Crippen molar-refractivity contribution in [2.24, 2.45) is 5.41 Å². The maximum absolute atomic E-state index is 5.48. The average molecular weight is 247 g/mol. The second-order valence-corrected chi connectivity index (χ2v) is 6.46. The van der Waals surface area contributed by atoms with Gasteiger partial charge in [-0.15, -0.1) is 0 Å². The van der Waals surface area contributed by atoms with Crippen LogP contribution in [0.2, 0.25) is 0 Å². The van der Waals surface area contributed by atoms with E-state index in [0.29, 0.717) is 11.5 Å². The molecule has 1 atom stereocenters. The third-order valence-electron chi connectivity index (χ3n) is 3.68. The molecular weight excluding hydrogens is 222 g/mol. The van der Waals surface area contributed by atoms with E-state index in [-0.39, 0.29) is 0 Å². The Morgan fingerprint density at radius 2 is 1.94 bits per heavy atom. The summed E-state index contributed by atoms with van der Waals surface area (Å²) in [5, 5.41) is 3.44. The van der Waals surface area contributed by atoms with E-state index >= 15 is 0 Å². The highest BCUT2D eigenvalue weighted by atomic mass is 16.5. The molecule has 0 bridgehead atoms. The fourth-order valence-corrected chi connectivity index (χ4v) is 2.46. The first-order valence-electron chi connectivity index (χ1n) is 6.86. The Labute approximate surface area is 111 Å². The largest absolute Gasteiger partial charge is 0.372 e. The lowest BCUT2D eigenvalue weighted by molar-refractivity contribution is 0.134. The number of ether oxygens (including phenoxy) is 1. The summed E-state index contributed by atoms with van der Waals surface area (Å²) in [5.74, 6) is 0. The molecule has 0 aromatic heterocycles. The number of fused-ring (bicyclic) bond motifs is 1. The van der Waals surface area contributed by atoms with Crippen molar-refractivity contribution in [3.8, 4) is 0 Å². The van der Waals surface area contributed by atoms with Crippen LogP contribution in [0, 0.1) is 5.41 Å². The summed E-state index contributed by atoms with van der Waals surface area (Å²) >= 11 is 0. The average Bonchev–Trinajstić information content (AvgIpc) is 2.75. The molecule has 1 aliphatic heterocycles. The van der Waals surface area contributed by atoms with Gasteiger partial charge in [-0.1, -0.05) is 39.0 Å². The van der Waals surface area contributed by atoms with Gasteiger partial charge in [0.1, 0.15) is 0 Å². The lowest BCUT2D eigenvalue weighted by Gasteiger charge is -2.23. The maximum Gasteiger partial charge on any atom is 0.0725 e. The minimum atomic E-state index is 0.398. The molecule has 2 heteroatoms. The molecular formula is C16H25NO. The Morgan fingerprint density at radius 3 is 2.61 bits per heavy atom. The molecule has 2 nitrogen and oxygen atoms in total. The Balaban J connectivity index is 2.08. The molecule has 1 heterocycles. The Hall–Kier alpha value is -0.860. The highest BCUT2D eigenvalue weighted by Gasteiger charge is 2.18. The highest BCUT2D eigenvalue weighted by Crippen LogP contribution is 2.29. The summed E-state index contributed by atoms with van der Waals surface area (Å²) in [6.07, 6.45) is 2.41. The summed E-state index contributed by atoms with van der Waals surface area (Å²) in [6, 6.07) is 7.23. The smallest absolute Gasteiger partial charge is 0.0725 e. The van der Waals surface area contributed by atoms with Gasteiger partial charge in [-0.3, -0.25) is 0 Å². The Kier molecular flexibility index (Phi) is 4.08. The summed E-state index contributed by atoms with van der Waals surface area (Å²) in [4.78, 5) is 0. The highest BCUT2D eigenvalue weighted by molar-refractivity contribution is 5.34. The molecule has 100 valence electrons. The van der Waals surface area contributed by atoms with Crippen molar-refractivity contribution in [3.05, 3.63) is 34.9 Å². The van der Waals surface area contributed by atoms with E-state index < -0.39 is 0 Å². The van der Waals surface area contributed by atoms with Crippen LogP contribution in [0.25, 0.3) is 0 Å². The molecule has 1 aliphatic rings. The SMILES string of the molecule is CNC(CCC(C)(C)C)c1ccc2c(c1)COC2. The van der Waals surface area contributed by atoms with Gasteiger partial charge in [-0.25, -0.2) is 0 Å². The first-order chi connectivity index (χ1) is 8.49. The minimum Gasteiger partial charge on any atom is -0.372 e. The predicted octanol–water partition coefficient (Wildman–Crippen LogP) is 3.80. The van der Waals surface area contributed by atoms with Crippen LogP contribution in [0.4, 0.5) is 0 Å². The fraction of sp³-hybridized carbons (Fsp3) is 0.625. The van der Waals surface area contributed by atoms with Crippen molar-refractivity contribution in [1.29, 1.82) is 0 Å². The Bertz CT molecular complexity index is 406. The first-order valence-corrected chi connectivity index (χ1v) is 6.86. The maximum atomic E-state index is 5.48. The van der Waals surface area contributed by atoms with Gasteiger partial charge in [0.2, 0.25) is 0 Å². The van der Waals surface area contributed by atoms with Crippen LogP contribution in [-0.4, -0.2) is 7.05 Å².